The first-order valence-electron chi connectivity index (χ1n) is 12.2. The highest BCUT2D eigenvalue weighted by Crippen LogP contribution is 2.20. The predicted octanol–water partition coefficient (Wildman–Crippen LogP) is 3.49. The van der Waals surface area contributed by atoms with E-state index in [1.807, 2.05) is 67.5 Å². The molecule has 0 amide bonds. The van der Waals surface area contributed by atoms with Crippen molar-refractivity contribution in [3.05, 3.63) is 75.8 Å². The van der Waals surface area contributed by atoms with E-state index < -0.39 is 0 Å². The fourth-order valence-corrected chi connectivity index (χ4v) is 4.44. The molecule has 2 aromatic carbocycles. The molecule has 0 unspecified atom stereocenters. The molecule has 10 nitrogen and oxygen atoms in total. The lowest BCUT2D eigenvalue weighted by Gasteiger charge is -2.12. The van der Waals surface area contributed by atoms with E-state index in [2.05, 4.69) is 24.0 Å². The zero-order chi connectivity index (χ0) is 28.5. The quantitative estimate of drug-likeness (QED) is 0.237. The molecule has 13 heteroatoms. The van der Waals surface area contributed by atoms with Crippen LogP contribution in [0.1, 0.15) is 22.8 Å². The summed E-state index contributed by atoms with van der Waals surface area (Å²) in [4.78, 5) is 10.6. The van der Waals surface area contributed by atoms with Crippen LogP contribution in [0.25, 0.3) is 0 Å². The number of aromatic nitrogens is 4. The molecule has 0 atom stereocenters. The van der Waals surface area contributed by atoms with Gasteiger partial charge in [0.05, 0.1) is 14.2 Å². The number of hydrogen-bond acceptors (Lipinski definition) is 12. The van der Waals surface area contributed by atoms with Gasteiger partial charge in [-0.1, -0.05) is 24.3 Å². The zero-order valence-corrected chi connectivity index (χ0v) is 25.2. The molecule has 0 fully saturated rings. The molecule has 0 aliphatic rings. The van der Waals surface area contributed by atoms with Crippen molar-refractivity contribution in [1.82, 2.24) is 24.0 Å². The summed E-state index contributed by atoms with van der Waals surface area (Å²) in [6, 6.07) is 15.8. The van der Waals surface area contributed by atoms with Gasteiger partial charge in [0.2, 0.25) is 9.60 Å². The minimum atomic E-state index is 0.480. The highest BCUT2D eigenvalue weighted by Gasteiger charge is 2.09. The van der Waals surface area contributed by atoms with Crippen LogP contribution >= 0.6 is 34.7 Å². The third-order valence-electron chi connectivity index (χ3n) is 5.08. The van der Waals surface area contributed by atoms with Crippen LogP contribution in [0.2, 0.25) is 4.47 Å². The van der Waals surface area contributed by atoms with Gasteiger partial charge in [-0.05, 0) is 65.6 Å². The molecule has 0 radical (unpaired) electrons. The van der Waals surface area contributed by atoms with Crippen LogP contribution in [-0.2, 0) is 12.8 Å². The second-order valence-electron chi connectivity index (χ2n) is 8.12. The van der Waals surface area contributed by atoms with Gasteiger partial charge in [0, 0.05) is 57.6 Å². The van der Waals surface area contributed by atoms with Gasteiger partial charge in [0.15, 0.2) is 0 Å². The topological polar surface area (TPSA) is 137 Å². The van der Waals surface area contributed by atoms with Crippen LogP contribution in [0.3, 0.4) is 0 Å². The molecule has 0 bridgehead atoms. The molecule has 0 saturated heterocycles. The lowest BCUT2D eigenvalue weighted by molar-refractivity contribution is 0.414. The molecule has 0 aliphatic heterocycles. The lowest BCUT2D eigenvalue weighted by Crippen LogP contribution is -2.24. The van der Waals surface area contributed by atoms with Crippen LogP contribution < -0.4 is 31.2 Å². The number of likely N-dealkylation sites (N-methyl/N-ethyl adjacent to an activating group) is 2. The minimum Gasteiger partial charge on any atom is -0.497 e. The molecule has 0 aliphatic carbocycles. The first kappa shape index (κ1) is 32.3. The number of methoxy groups -OCH3 is 2. The number of benzene rings is 2. The maximum atomic E-state index is 5.71. The smallest absolute Gasteiger partial charge is 0.204 e. The van der Waals surface area contributed by atoms with E-state index in [1.54, 1.807) is 14.2 Å². The van der Waals surface area contributed by atoms with E-state index in [1.165, 1.54) is 23.1 Å². The molecule has 0 saturated carbocycles. The van der Waals surface area contributed by atoms with Crippen molar-refractivity contribution in [2.24, 2.45) is 11.5 Å². The molecule has 212 valence electrons. The Morgan fingerprint density at radius 2 is 1.44 bits per heavy atom. The maximum Gasteiger partial charge on any atom is 0.204 e. The van der Waals surface area contributed by atoms with E-state index in [0.29, 0.717) is 23.9 Å². The first-order chi connectivity index (χ1) is 18.9. The Balaban J connectivity index is 0.000000238. The van der Waals surface area contributed by atoms with Crippen LogP contribution in [0.4, 0.5) is 5.13 Å². The SMILES string of the molecule is CNCCN.COc1cccc(Cc2nsc(Cl)n2)c1.COc1cccc(Cc2nsc(N(C)CCN)n2)c1. The maximum absolute atomic E-state index is 5.71. The summed E-state index contributed by atoms with van der Waals surface area (Å²) in [5.74, 6) is 3.28. The standard InChI is InChI=1S/C13H18N4OS.C10H9ClN2OS.C3H10N2/c1-17(7-6-14)13-15-12(16-19-13)9-10-4-3-5-11(8-10)18-2;1-14-8-4-2-3-7(5-8)6-9-12-10(11)15-13-9;1-5-3-2-4/h3-5,8H,6-7,9,14H2,1-2H3;2-5H,6H2,1H3;5H,2-4H2,1H3. The largest absolute Gasteiger partial charge is 0.497 e. The van der Waals surface area contributed by atoms with Gasteiger partial charge in [0.25, 0.3) is 0 Å². The number of nitrogens with two attached hydrogens (primary N) is 2. The predicted molar refractivity (Wildman–Crippen MR) is 162 cm³/mol. The van der Waals surface area contributed by atoms with Crippen LogP contribution in [0.5, 0.6) is 11.5 Å². The highest BCUT2D eigenvalue weighted by molar-refractivity contribution is 7.10. The summed E-state index contributed by atoms with van der Waals surface area (Å²) < 4.78 is 19.3. The van der Waals surface area contributed by atoms with Gasteiger partial charge in [-0.15, -0.1) is 0 Å². The number of rotatable bonds is 11. The molecule has 4 rings (SSSR count). The first-order valence-corrected chi connectivity index (χ1v) is 14.2. The van der Waals surface area contributed by atoms with Crippen molar-refractivity contribution >= 4 is 39.8 Å². The zero-order valence-electron chi connectivity index (χ0n) is 22.8. The third-order valence-corrected chi connectivity index (χ3v) is 6.78. The number of nitrogens with zero attached hydrogens (tertiary/aromatic N) is 5. The normalized spacial score (nSPS) is 10.1. The van der Waals surface area contributed by atoms with Crippen LogP contribution in [0, 0.1) is 0 Å². The molecule has 4 aromatic rings. The number of hydrogen-bond donors (Lipinski definition) is 3. The van der Waals surface area contributed by atoms with E-state index in [9.17, 15) is 0 Å². The molecule has 39 heavy (non-hydrogen) atoms. The van der Waals surface area contributed by atoms with Gasteiger partial charge >= 0.3 is 0 Å². The number of nitrogens with one attached hydrogen (secondary N) is 1. The van der Waals surface area contributed by atoms with Gasteiger partial charge < -0.3 is 31.2 Å². The van der Waals surface area contributed by atoms with Crippen LogP contribution in [-0.4, -0.2) is 73.2 Å². The summed E-state index contributed by atoms with van der Waals surface area (Å²) >= 11 is 8.32. The molecule has 5 N–H and O–H groups in total. The number of halogens is 1. The second kappa shape index (κ2) is 18.4. The van der Waals surface area contributed by atoms with Crippen molar-refractivity contribution in [3.8, 4) is 11.5 Å². The highest BCUT2D eigenvalue weighted by atomic mass is 35.5. The average molecular weight is 593 g/mol. The second-order valence-corrected chi connectivity index (χ2v) is 10.2. The van der Waals surface area contributed by atoms with E-state index in [-0.39, 0.29) is 0 Å². The average Bonchev–Trinajstić information content (AvgIpc) is 3.59. The summed E-state index contributed by atoms with van der Waals surface area (Å²) in [6.07, 6.45) is 1.39. The minimum absolute atomic E-state index is 0.480. The van der Waals surface area contributed by atoms with Gasteiger partial charge in [-0.25, -0.2) is 9.97 Å². The molecular weight excluding hydrogens is 556 g/mol. The monoisotopic (exact) mass is 592 g/mol. The Morgan fingerprint density at radius 1 is 0.872 bits per heavy atom. The van der Waals surface area contributed by atoms with Crippen molar-refractivity contribution in [2.45, 2.75) is 12.8 Å². The summed E-state index contributed by atoms with van der Waals surface area (Å²) in [5.41, 5.74) is 12.9. The fraction of sp³-hybridized carbons (Fsp3) is 0.385. The van der Waals surface area contributed by atoms with Crippen molar-refractivity contribution in [2.75, 3.05) is 59.4 Å². The molecular formula is C26H37ClN8O2S2. The van der Waals surface area contributed by atoms with Crippen molar-refractivity contribution in [1.29, 1.82) is 0 Å². The van der Waals surface area contributed by atoms with Gasteiger partial charge in [-0.3, -0.25) is 0 Å². The van der Waals surface area contributed by atoms with E-state index in [4.69, 9.17) is 32.5 Å². The van der Waals surface area contributed by atoms with E-state index >= 15 is 0 Å². The fourth-order valence-electron chi connectivity index (χ4n) is 3.14. The van der Waals surface area contributed by atoms with Crippen molar-refractivity contribution < 1.29 is 9.47 Å². The lowest BCUT2D eigenvalue weighted by atomic mass is 10.1. The number of anilines is 1. The van der Waals surface area contributed by atoms with Gasteiger partial charge in [-0.2, -0.15) is 8.75 Å². The molecule has 2 heterocycles. The van der Waals surface area contributed by atoms with E-state index in [0.717, 1.165) is 59.0 Å². The Bertz CT molecular complexity index is 1220. The Hall–Kier alpha value is -2.87. The molecule has 2 aromatic heterocycles. The summed E-state index contributed by atoms with van der Waals surface area (Å²) in [7, 11) is 7.17. The Kier molecular flexibility index (Phi) is 15.3. The number of ether oxygens (including phenoxy) is 2. The summed E-state index contributed by atoms with van der Waals surface area (Å²) in [5, 5.41) is 3.80. The molecule has 0 spiro atoms. The Morgan fingerprint density at radius 3 is 1.87 bits per heavy atom. The van der Waals surface area contributed by atoms with Gasteiger partial charge in [0.1, 0.15) is 23.1 Å². The van der Waals surface area contributed by atoms with Crippen LogP contribution in [0.15, 0.2) is 48.5 Å². The van der Waals surface area contributed by atoms with Crippen molar-refractivity contribution in [3.63, 3.8) is 0 Å². The third kappa shape index (κ3) is 12.2. The Labute approximate surface area is 243 Å². The summed E-state index contributed by atoms with van der Waals surface area (Å²) in [6.45, 7) is 3.05.